The zero-order valence-electron chi connectivity index (χ0n) is 16.3. The molecule has 0 saturated carbocycles. The van der Waals surface area contributed by atoms with Crippen LogP contribution in [0, 0.1) is 11.7 Å². The summed E-state index contributed by atoms with van der Waals surface area (Å²) in [6.45, 7) is 6.20. The summed E-state index contributed by atoms with van der Waals surface area (Å²) in [7, 11) is 0. The lowest BCUT2D eigenvalue weighted by Gasteiger charge is -2.32. The fraction of sp³-hybridized carbons (Fsp3) is 0.421. The number of carbonyl (C=O) groups excluding carboxylic acids is 1. The van der Waals surface area contributed by atoms with E-state index in [9.17, 15) is 4.79 Å². The van der Waals surface area contributed by atoms with Crippen molar-refractivity contribution < 1.29 is 13.9 Å². The number of hydrogen-bond donors (Lipinski definition) is 1. The third-order valence-corrected chi connectivity index (χ3v) is 7.08. The minimum Gasteiger partial charge on any atom is -0.466 e. The predicted octanol–water partition coefficient (Wildman–Crippen LogP) is 5.65. The van der Waals surface area contributed by atoms with Crippen molar-refractivity contribution in [2.45, 2.75) is 39.0 Å². The molecule has 0 aromatic carbocycles. The molecule has 0 amide bonds. The first-order chi connectivity index (χ1) is 13.9. The molecule has 0 saturated heterocycles. The highest BCUT2D eigenvalue weighted by molar-refractivity contribution is 9.10. The van der Waals surface area contributed by atoms with Gasteiger partial charge in [0.15, 0.2) is 16.4 Å². The Labute approximate surface area is 186 Å². The molecule has 2 atom stereocenters. The maximum atomic E-state index is 15.1. The number of nitrogens with zero attached hydrogens (tertiary/aromatic N) is 3. The molecule has 2 unspecified atom stereocenters. The highest BCUT2D eigenvalue weighted by Crippen LogP contribution is 2.38. The molecule has 3 rings (SSSR count). The number of halogens is 2. The van der Waals surface area contributed by atoms with Gasteiger partial charge in [-0.05, 0) is 59.0 Å². The Morgan fingerprint density at radius 1 is 1.48 bits per heavy atom. The number of anilines is 1. The zero-order chi connectivity index (χ0) is 21.0. The Morgan fingerprint density at radius 3 is 2.97 bits per heavy atom. The van der Waals surface area contributed by atoms with Crippen molar-refractivity contribution in [3.8, 4) is 10.6 Å². The number of hydrogen-bond acceptors (Lipinski definition) is 8. The van der Waals surface area contributed by atoms with E-state index in [4.69, 9.17) is 4.74 Å². The van der Waals surface area contributed by atoms with Gasteiger partial charge in [-0.1, -0.05) is 13.0 Å². The molecule has 1 aliphatic heterocycles. The molecule has 1 N–H and O–H groups in total. The van der Waals surface area contributed by atoms with E-state index in [2.05, 4.69) is 38.2 Å². The van der Waals surface area contributed by atoms with Crippen LogP contribution in [0.1, 0.15) is 33.6 Å². The number of thioether (sulfide) groups is 1. The molecule has 0 fully saturated rings. The molecular formula is C19H22BrFN4O2S2. The molecular weight excluding hydrogens is 479 g/mol. The molecule has 0 aliphatic carbocycles. The Balaban J connectivity index is 1.77. The van der Waals surface area contributed by atoms with E-state index >= 15 is 4.39 Å². The molecule has 156 valence electrons. The van der Waals surface area contributed by atoms with Gasteiger partial charge in [-0.15, -0.1) is 23.1 Å². The van der Waals surface area contributed by atoms with Gasteiger partial charge in [0.2, 0.25) is 0 Å². The van der Waals surface area contributed by atoms with Crippen molar-refractivity contribution in [2.75, 3.05) is 12.0 Å². The molecule has 0 radical (unpaired) electrons. The standard InChI is InChI=1S/C19H22BrFN4O2S2/c1-4-27-14(26)8-7-11(2)18-25(12(3)10-29-18)24-17-15(21)16(22-19(20)23-17)13-6-5-9-28-13/h5-6,9-11,18H,4,7-8H2,1-3H3,(H,22,23,24). The molecule has 29 heavy (non-hydrogen) atoms. The second kappa shape index (κ2) is 9.90. The number of carbonyl (C=O) groups is 1. The maximum absolute atomic E-state index is 15.1. The lowest BCUT2D eigenvalue weighted by atomic mass is 10.1. The van der Waals surface area contributed by atoms with Gasteiger partial charge in [-0.3, -0.25) is 15.2 Å². The van der Waals surface area contributed by atoms with E-state index in [0.717, 1.165) is 10.6 Å². The van der Waals surface area contributed by atoms with Crippen LogP contribution in [0.4, 0.5) is 10.2 Å². The van der Waals surface area contributed by atoms with E-state index in [-0.39, 0.29) is 28.8 Å². The Morgan fingerprint density at radius 2 is 2.28 bits per heavy atom. The van der Waals surface area contributed by atoms with Crippen LogP contribution in [0.5, 0.6) is 0 Å². The molecule has 2 aromatic rings. The van der Waals surface area contributed by atoms with Gasteiger partial charge in [0.05, 0.1) is 11.5 Å². The predicted molar refractivity (Wildman–Crippen MR) is 119 cm³/mol. The Hall–Kier alpha value is -1.65. The third kappa shape index (κ3) is 5.29. The van der Waals surface area contributed by atoms with Crippen molar-refractivity contribution in [2.24, 2.45) is 5.92 Å². The van der Waals surface area contributed by atoms with Gasteiger partial charge in [0.1, 0.15) is 11.1 Å². The fourth-order valence-corrected chi connectivity index (χ4v) is 5.19. The summed E-state index contributed by atoms with van der Waals surface area (Å²) < 4.78 is 20.5. The fourth-order valence-electron chi connectivity index (χ4n) is 2.93. The molecule has 1 aliphatic rings. The summed E-state index contributed by atoms with van der Waals surface area (Å²) in [5.74, 6) is -0.431. The Kier molecular flexibility index (Phi) is 7.53. The molecule has 10 heteroatoms. The second-order valence-electron chi connectivity index (χ2n) is 6.57. The van der Waals surface area contributed by atoms with Crippen LogP contribution in [0.3, 0.4) is 0 Å². The van der Waals surface area contributed by atoms with Crippen LogP contribution in [0.15, 0.2) is 33.4 Å². The lowest BCUT2D eigenvalue weighted by molar-refractivity contribution is -0.143. The largest absolute Gasteiger partial charge is 0.466 e. The number of allylic oxidation sites excluding steroid dienone is 1. The van der Waals surface area contributed by atoms with Gasteiger partial charge < -0.3 is 4.74 Å². The first-order valence-corrected chi connectivity index (χ1v) is 11.8. The van der Waals surface area contributed by atoms with Gasteiger partial charge in [-0.2, -0.15) is 0 Å². The topological polar surface area (TPSA) is 67.3 Å². The van der Waals surface area contributed by atoms with E-state index in [1.54, 1.807) is 18.7 Å². The zero-order valence-corrected chi connectivity index (χ0v) is 19.5. The van der Waals surface area contributed by atoms with Gasteiger partial charge >= 0.3 is 5.97 Å². The van der Waals surface area contributed by atoms with Crippen LogP contribution in [-0.2, 0) is 9.53 Å². The highest BCUT2D eigenvalue weighted by Gasteiger charge is 2.31. The highest BCUT2D eigenvalue weighted by atomic mass is 79.9. The van der Waals surface area contributed by atoms with Crippen molar-refractivity contribution in [1.82, 2.24) is 15.0 Å². The van der Waals surface area contributed by atoms with Crippen molar-refractivity contribution in [1.29, 1.82) is 0 Å². The average molecular weight is 501 g/mol. The minimum atomic E-state index is -0.502. The number of nitrogens with one attached hydrogen (secondary N) is 1. The third-order valence-electron chi connectivity index (χ3n) is 4.41. The first-order valence-electron chi connectivity index (χ1n) is 9.21. The monoisotopic (exact) mass is 500 g/mol. The quantitative estimate of drug-likeness (QED) is 0.371. The van der Waals surface area contributed by atoms with E-state index in [1.807, 2.05) is 34.9 Å². The summed E-state index contributed by atoms with van der Waals surface area (Å²) in [6.07, 6.45) is 1.03. The lowest BCUT2D eigenvalue weighted by Crippen LogP contribution is -2.38. The minimum absolute atomic E-state index is 0.00255. The SMILES string of the molecule is CCOC(=O)CCC(C)C1SC=C(C)N1Nc1nc(Br)nc(-c2cccs2)c1F. The van der Waals surface area contributed by atoms with E-state index in [0.29, 0.717) is 24.2 Å². The summed E-state index contributed by atoms with van der Waals surface area (Å²) in [6, 6.07) is 3.68. The number of aromatic nitrogens is 2. The molecule has 3 heterocycles. The summed E-state index contributed by atoms with van der Waals surface area (Å²) >= 11 is 6.34. The normalized spacial score (nSPS) is 17.2. The van der Waals surface area contributed by atoms with Crippen molar-refractivity contribution >= 4 is 50.8 Å². The molecule has 0 bridgehead atoms. The van der Waals surface area contributed by atoms with Crippen LogP contribution >= 0.6 is 39.0 Å². The smallest absolute Gasteiger partial charge is 0.305 e. The number of esters is 1. The number of thiophene rings is 1. The average Bonchev–Trinajstić information content (AvgIpc) is 3.33. The second-order valence-corrected chi connectivity index (χ2v) is 9.22. The van der Waals surface area contributed by atoms with Crippen molar-refractivity contribution in [3.05, 3.63) is 39.2 Å². The summed E-state index contributed by atoms with van der Waals surface area (Å²) in [4.78, 5) is 20.8. The summed E-state index contributed by atoms with van der Waals surface area (Å²) in [5, 5.41) is 5.80. The number of rotatable bonds is 8. The molecule has 6 nitrogen and oxygen atoms in total. The maximum Gasteiger partial charge on any atom is 0.305 e. The Bertz CT molecular complexity index is 895. The van der Waals surface area contributed by atoms with Gasteiger partial charge in [-0.25, -0.2) is 14.4 Å². The van der Waals surface area contributed by atoms with Gasteiger partial charge in [0, 0.05) is 12.1 Å². The van der Waals surface area contributed by atoms with E-state index < -0.39 is 5.82 Å². The number of hydrazine groups is 1. The summed E-state index contributed by atoms with van der Waals surface area (Å²) in [5.41, 5.74) is 4.33. The van der Waals surface area contributed by atoms with Crippen LogP contribution in [0.25, 0.3) is 10.6 Å². The first kappa shape index (κ1) is 22.0. The van der Waals surface area contributed by atoms with E-state index in [1.165, 1.54) is 11.3 Å². The van der Waals surface area contributed by atoms with Crippen LogP contribution in [-0.4, -0.2) is 32.9 Å². The van der Waals surface area contributed by atoms with Crippen LogP contribution in [0.2, 0.25) is 0 Å². The molecule has 2 aromatic heterocycles. The van der Waals surface area contributed by atoms with Gasteiger partial charge in [0.25, 0.3) is 0 Å². The molecule has 0 spiro atoms. The number of ether oxygens (including phenoxy) is 1. The van der Waals surface area contributed by atoms with Crippen molar-refractivity contribution in [3.63, 3.8) is 0 Å². The van der Waals surface area contributed by atoms with Crippen LogP contribution < -0.4 is 5.43 Å².